The molecule has 1 heterocycles. The molecule has 1 unspecified atom stereocenters. The second-order valence-electron chi connectivity index (χ2n) is 6.49. The van der Waals surface area contributed by atoms with E-state index in [1.165, 1.54) is 51.6 Å². The first kappa shape index (κ1) is 13.4. The number of nitrogens with zero attached hydrogens (tertiary/aromatic N) is 1. The summed E-state index contributed by atoms with van der Waals surface area (Å²) in [5.74, 6) is 2.34. The predicted molar refractivity (Wildman–Crippen MR) is 72.0 cm³/mol. The van der Waals surface area contributed by atoms with Crippen LogP contribution in [0.2, 0.25) is 0 Å². The average molecular weight is 239 g/mol. The lowest BCUT2D eigenvalue weighted by Crippen LogP contribution is -2.41. The van der Waals surface area contributed by atoms with E-state index in [1.807, 2.05) is 0 Å². The number of β-amino-alcohol motifs (C(OH)–C–C–N with tert-alkyl or cyclic N) is 1. The van der Waals surface area contributed by atoms with E-state index < -0.39 is 0 Å². The van der Waals surface area contributed by atoms with Gasteiger partial charge in [-0.05, 0) is 56.5 Å². The van der Waals surface area contributed by atoms with Gasteiger partial charge in [0.25, 0.3) is 0 Å². The van der Waals surface area contributed by atoms with Gasteiger partial charge in [0.15, 0.2) is 0 Å². The number of hydrogen-bond donors (Lipinski definition) is 1. The molecule has 1 aliphatic heterocycles. The summed E-state index contributed by atoms with van der Waals surface area (Å²) in [5, 5.41) is 10.2. The van der Waals surface area contributed by atoms with E-state index >= 15 is 0 Å². The number of likely N-dealkylation sites (tertiary alicyclic amines) is 1. The van der Waals surface area contributed by atoms with Gasteiger partial charge < -0.3 is 10.0 Å². The molecule has 1 atom stereocenters. The zero-order valence-corrected chi connectivity index (χ0v) is 11.6. The lowest BCUT2D eigenvalue weighted by molar-refractivity contribution is 0.0475. The Morgan fingerprint density at radius 1 is 1.00 bits per heavy atom. The highest BCUT2D eigenvalue weighted by molar-refractivity contribution is 4.80. The molecule has 0 bridgehead atoms. The molecule has 2 nitrogen and oxygen atoms in total. The highest BCUT2D eigenvalue weighted by Gasteiger charge is 2.27. The zero-order chi connectivity index (χ0) is 12.3. The molecule has 0 aromatic rings. The lowest BCUT2D eigenvalue weighted by atomic mass is 9.86. The number of rotatable bonds is 4. The van der Waals surface area contributed by atoms with Gasteiger partial charge in [0, 0.05) is 6.54 Å². The third-order valence-electron chi connectivity index (χ3n) is 4.96. The second kappa shape index (κ2) is 6.19. The van der Waals surface area contributed by atoms with E-state index in [-0.39, 0.29) is 6.10 Å². The molecule has 0 aromatic heterocycles. The van der Waals surface area contributed by atoms with Crippen LogP contribution in [0.25, 0.3) is 0 Å². The van der Waals surface area contributed by atoms with Crippen molar-refractivity contribution in [1.82, 2.24) is 4.90 Å². The zero-order valence-electron chi connectivity index (χ0n) is 11.6. The summed E-state index contributed by atoms with van der Waals surface area (Å²) in [6.45, 7) is 8.01. The SMILES string of the molecule is CC(C)C1CCN(CC(O)C2CCCC2)CC1. The van der Waals surface area contributed by atoms with Crippen molar-refractivity contribution in [3.8, 4) is 0 Å². The highest BCUT2D eigenvalue weighted by atomic mass is 16.3. The Hall–Kier alpha value is -0.0800. The third kappa shape index (κ3) is 3.69. The average Bonchev–Trinajstić information content (AvgIpc) is 2.83. The Kier molecular flexibility index (Phi) is 4.87. The maximum atomic E-state index is 10.2. The Bertz CT molecular complexity index is 215. The van der Waals surface area contributed by atoms with Crippen molar-refractivity contribution in [2.75, 3.05) is 19.6 Å². The summed E-state index contributed by atoms with van der Waals surface area (Å²) in [7, 11) is 0. The van der Waals surface area contributed by atoms with Crippen molar-refractivity contribution in [3.05, 3.63) is 0 Å². The summed E-state index contributed by atoms with van der Waals surface area (Å²) in [6.07, 6.45) is 7.76. The normalized spacial score (nSPS) is 26.8. The first-order valence-corrected chi connectivity index (χ1v) is 7.57. The van der Waals surface area contributed by atoms with Crippen LogP contribution in [0.4, 0.5) is 0 Å². The molecule has 0 amide bonds. The van der Waals surface area contributed by atoms with E-state index in [2.05, 4.69) is 18.7 Å². The number of aliphatic hydroxyl groups is 1. The van der Waals surface area contributed by atoms with Crippen molar-refractivity contribution in [1.29, 1.82) is 0 Å². The van der Waals surface area contributed by atoms with Gasteiger partial charge in [-0.2, -0.15) is 0 Å². The maximum absolute atomic E-state index is 10.2. The van der Waals surface area contributed by atoms with Gasteiger partial charge >= 0.3 is 0 Å². The molecule has 1 aliphatic carbocycles. The molecule has 1 saturated heterocycles. The van der Waals surface area contributed by atoms with Crippen LogP contribution in [0, 0.1) is 17.8 Å². The van der Waals surface area contributed by atoms with Crippen LogP contribution in [-0.2, 0) is 0 Å². The Morgan fingerprint density at radius 3 is 2.12 bits per heavy atom. The summed E-state index contributed by atoms with van der Waals surface area (Å²) >= 11 is 0. The fourth-order valence-electron chi connectivity index (χ4n) is 3.56. The Labute approximate surface area is 106 Å². The molecular weight excluding hydrogens is 210 g/mol. The minimum atomic E-state index is -0.0619. The molecule has 2 rings (SSSR count). The van der Waals surface area contributed by atoms with Gasteiger partial charge in [0.1, 0.15) is 0 Å². The Morgan fingerprint density at radius 2 is 1.59 bits per heavy atom. The van der Waals surface area contributed by atoms with Crippen LogP contribution in [0.5, 0.6) is 0 Å². The molecular formula is C15H29NO. The second-order valence-corrected chi connectivity index (χ2v) is 6.49. The topological polar surface area (TPSA) is 23.5 Å². The maximum Gasteiger partial charge on any atom is 0.0695 e. The first-order valence-electron chi connectivity index (χ1n) is 7.57. The van der Waals surface area contributed by atoms with E-state index in [0.29, 0.717) is 5.92 Å². The van der Waals surface area contributed by atoms with Crippen molar-refractivity contribution < 1.29 is 5.11 Å². The van der Waals surface area contributed by atoms with Gasteiger partial charge in [-0.25, -0.2) is 0 Å². The van der Waals surface area contributed by atoms with E-state index in [1.54, 1.807) is 0 Å². The Balaban J connectivity index is 1.70. The first-order chi connectivity index (χ1) is 8.16. The van der Waals surface area contributed by atoms with Gasteiger partial charge in [-0.15, -0.1) is 0 Å². The smallest absolute Gasteiger partial charge is 0.0695 e. The molecule has 2 fully saturated rings. The standard InChI is InChI=1S/C15H29NO/c1-12(2)13-7-9-16(10-8-13)11-15(17)14-5-3-4-6-14/h12-15,17H,3-11H2,1-2H3. The largest absolute Gasteiger partial charge is 0.392 e. The van der Waals surface area contributed by atoms with Gasteiger partial charge in [0.2, 0.25) is 0 Å². The van der Waals surface area contributed by atoms with E-state index in [4.69, 9.17) is 0 Å². The number of piperidine rings is 1. The van der Waals surface area contributed by atoms with E-state index in [0.717, 1.165) is 18.4 Å². The minimum absolute atomic E-state index is 0.0619. The summed E-state index contributed by atoms with van der Waals surface area (Å²) in [5.41, 5.74) is 0. The molecule has 0 radical (unpaired) electrons. The summed E-state index contributed by atoms with van der Waals surface area (Å²) in [6, 6.07) is 0. The van der Waals surface area contributed by atoms with Crippen molar-refractivity contribution >= 4 is 0 Å². The molecule has 2 aliphatic rings. The fraction of sp³-hybridized carbons (Fsp3) is 1.00. The van der Waals surface area contributed by atoms with Crippen molar-refractivity contribution in [2.24, 2.45) is 17.8 Å². The monoisotopic (exact) mass is 239 g/mol. The lowest BCUT2D eigenvalue weighted by Gasteiger charge is -2.35. The van der Waals surface area contributed by atoms with Gasteiger partial charge in [-0.3, -0.25) is 0 Å². The van der Waals surface area contributed by atoms with Gasteiger partial charge in [0.05, 0.1) is 6.10 Å². The van der Waals surface area contributed by atoms with Crippen LogP contribution < -0.4 is 0 Å². The van der Waals surface area contributed by atoms with Crippen LogP contribution in [0.1, 0.15) is 52.4 Å². The fourth-order valence-corrected chi connectivity index (χ4v) is 3.56. The third-order valence-corrected chi connectivity index (χ3v) is 4.96. The quantitative estimate of drug-likeness (QED) is 0.815. The highest BCUT2D eigenvalue weighted by Crippen LogP contribution is 2.29. The molecule has 1 saturated carbocycles. The van der Waals surface area contributed by atoms with Crippen LogP contribution >= 0.6 is 0 Å². The van der Waals surface area contributed by atoms with Gasteiger partial charge in [-0.1, -0.05) is 26.7 Å². The predicted octanol–water partition coefficient (Wildman–Crippen LogP) is 2.91. The summed E-state index contributed by atoms with van der Waals surface area (Å²) < 4.78 is 0. The number of hydrogen-bond acceptors (Lipinski definition) is 2. The van der Waals surface area contributed by atoms with Crippen LogP contribution in [0.15, 0.2) is 0 Å². The van der Waals surface area contributed by atoms with Crippen LogP contribution in [0.3, 0.4) is 0 Å². The molecule has 2 heteroatoms. The van der Waals surface area contributed by atoms with Crippen molar-refractivity contribution in [3.63, 3.8) is 0 Å². The molecule has 1 N–H and O–H groups in total. The van der Waals surface area contributed by atoms with Crippen LogP contribution in [-0.4, -0.2) is 35.7 Å². The number of aliphatic hydroxyl groups excluding tert-OH is 1. The minimum Gasteiger partial charge on any atom is -0.392 e. The molecule has 17 heavy (non-hydrogen) atoms. The molecule has 0 spiro atoms. The summed E-state index contributed by atoms with van der Waals surface area (Å²) in [4.78, 5) is 2.49. The van der Waals surface area contributed by atoms with E-state index in [9.17, 15) is 5.11 Å². The molecule has 100 valence electrons. The van der Waals surface area contributed by atoms with Crippen molar-refractivity contribution in [2.45, 2.75) is 58.5 Å². The molecule has 0 aromatic carbocycles.